The van der Waals surface area contributed by atoms with Crippen LogP contribution in [0.15, 0.2) is 72.8 Å². The second-order valence-electron chi connectivity index (χ2n) is 13.7. The highest BCUT2D eigenvalue weighted by Gasteiger charge is 2.24. The van der Waals surface area contributed by atoms with Crippen LogP contribution in [-0.4, -0.2) is 58.2 Å². The van der Waals surface area contributed by atoms with E-state index in [2.05, 4.69) is 48.9 Å². The van der Waals surface area contributed by atoms with E-state index in [4.69, 9.17) is 5.10 Å². The van der Waals surface area contributed by atoms with E-state index >= 15 is 0 Å². The van der Waals surface area contributed by atoms with Crippen LogP contribution < -0.4 is 16.0 Å². The summed E-state index contributed by atoms with van der Waals surface area (Å²) in [6.45, 7) is 9.76. The Morgan fingerprint density at radius 1 is 0.957 bits per heavy atom. The molecule has 6 rings (SSSR count). The number of rotatable bonds is 9. The number of amides is 1. The van der Waals surface area contributed by atoms with Crippen molar-refractivity contribution in [2.45, 2.75) is 40.5 Å². The maximum Gasteiger partial charge on any atom is 0.224 e. The van der Waals surface area contributed by atoms with Crippen LogP contribution in [0.1, 0.15) is 45.4 Å². The van der Waals surface area contributed by atoms with Crippen molar-refractivity contribution in [3.63, 3.8) is 0 Å². The molecule has 5 aromatic rings. The number of hydrogen-bond donors (Lipinski definition) is 4. The highest BCUT2D eigenvalue weighted by Crippen LogP contribution is 2.39. The number of fused-ring (bicyclic) bond motifs is 2. The van der Waals surface area contributed by atoms with Gasteiger partial charge in [-0.1, -0.05) is 26.8 Å². The van der Waals surface area contributed by atoms with Gasteiger partial charge in [0.2, 0.25) is 5.91 Å². The number of nitrogens with zero attached hydrogens (tertiary/aromatic N) is 4. The van der Waals surface area contributed by atoms with Crippen molar-refractivity contribution in [1.82, 2.24) is 25.1 Å². The first-order chi connectivity index (χ1) is 22.4. The highest BCUT2D eigenvalue weighted by molar-refractivity contribution is 5.98. The van der Waals surface area contributed by atoms with Crippen molar-refractivity contribution < 1.29 is 9.18 Å². The average molecular weight is 633 g/mol. The first-order valence-corrected chi connectivity index (χ1v) is 15.8. The minimum Gasteiger partial charge on any atom is -0.384 e. The van der Waals surface area contributed by atoms with Gasteiger partial charge in [-0.2, -0.15) is 5.10 Å². The van der Waals surface area contributed by atoms with Crippen molar-refractivity contribution in [3.05, 3.63) is 89.9 Å². The summed E-state index contributed by atoms with van der Waals surface area (Å²) >= 11 is 0. The number of aromatic amines is 1. The van der Waals surface area contributed by atoms with Crippen molar-refractivity contribution in [2.24, 2.45) is 5.41 Å². The van der Waals surface area contributed by atoms with E-state index in [9.17, 15) is 9.18 Å². The molecule has 0 radical (unpaired) electrons. The third-order valence-corrected chi connectivity index (χ3v) is 8.13. The predicted molar refractivity (Wildman–Crippen MR) is 189 cm³/mol. The van der Waals surface area contributed by atoms with Gasteiger partial charge in [-0.25, -0.2) is 4.39 Å². The molecular formula is C37H41FN8O. The monoisotopic (exact) mass is 632 g/mol. The molecule has 4 heterocycles. The molecule has 4 N–H and O–H groups in total. The molecule has 1 aliphatic rings. The number of carbonyl (C=O) groups excluding carboxylic acids is 1. The lowest BCUT2D eigenvalue weighted by atomic mass is 9.91. The minimum absolute atomic E-state index is 0.0396. The first-order valence-electron chi connectivity index (χ1n) is 15.8. The van der Waals surface area contributed by atoms with Crippen molar-refractivity contribution >= 4 is 39.6 Å². The second-order valence-corrected chi connectivity index (χ2v) is 13.7. The van der Waals surface area contributed by atoms with Crippen molar-refractivity contribution in [3.8, 4) is 22.3 Å². The minimum atomic E-state index is -0.295. The molecule has 0 fully saturated rings. The molecule has 0 saturated heterocycles. The molecule has 0 bridgehead atoms. The van der Waals surface area contributed by atoms with Crippen LogP contribution in [0.5, 0.6) is 0 Å². The SMILES string of the molecule is CC1=C(c2n[nH]c3ccc(-c4cncc(NC(=O)CC(C)(C)C)c4)cc23)Nc2cncc(-c3cc(F)cc(NCCN(C)C)c3)c2C1. The Hall–Kier alpha value is -5.09. The van der Waals surface area contributed by atoms with Crippen molar-refractivity contribution in [1.29, 1.82) is 0 Å². The Morgan fingerprint density at radius 2 is 1.74 bits per heavy atom. The Bertz CT molecular complexity index is 1990. The van der Waals surface area contributed by atoms with Gasteiger partial charge in [0.15, 0.2) is 0 Å². The van der Waals surface area contributed by atoms with Gasteiger partial charge in [-0.3, -0.25) is 19.9 Å². The Balaban J connectivity index is 1.29. The molecule has 47 heavy (non-hydrogen) atoms. The predicted octanol–water partition coefficient (Wildman–Crippen LogP) is 7.57. The molecule has 1 aliphatic heterocycles. The summed E-state index contributed by atoms with van der Waals surface area (Å²) in [5.74, 6) is -0.335. The molecule has 1 amide bonds. The molecule has 0 unspecified atom stereocenters. The molecule has 0 spiro atoms. The van der Waals surface area contributed by atoms with Crippen molar-refractivity contribution in [2.75, 3.05) is 43.1 Å². The molecule has 242 valence electrons. The number of aromatic nitrogens is 4. The molecule has 0 aliphatic carbocycles. The average Bonchev–Trinajstić information content (AvgIpc) is 3.42. The van der Waals surface area contributed by atoms with Gasteiger partial charge in [-0.15, -0.1) is 0 Å². The van der Waals surface area contributed by atoms with E-state index < -0.39 is 0 Å². The van der Waals surface area contributed by atoms with Crippen LogP contribution in [0.25, 0.3) is 38.9 Å². The van der Waals surface area contributed by atoms with Crippen LogP contribution in [0.3, 0.4) is 0 Å². The zero-order valence-corrected chi connectivity index (χ0v) is 27.8. The molecular weight excluding hydrogens is 591 g/mol. The molecule has 10 heteroatoms. The third kappa shape index (κ3) is 7.33. The van der Waals surface area contributed by atoms with Crippen LogP contribution in [0.4, 0.5) is 21.5 Å². The fraction of sp³-hybridized carbons (Fsp3) is 0.297. The van der Waals surface area contributed by atoms with E-state index in [1.54, 1.807) is 24.7 Å². The smallest absolute Gasteiger partial charge is 0.224 e. The molecule has 2 aromatic carbocycles. The topological polar surface area (TPSA) is 111 Å². The Kier molecular flexibility index (Phi) is 8.79. The van der Waals surface area contributed by atoms with Gasteiger partial charge < -0.3 is 20.9 Å². The maximum atomic E-state index is 14.8. The quantitative estimate of drug-likeness (QED) is 0.133. The van der Waals surface area contributed by atoms with E-state index in [1.165, 1.54) is 6.07 Å². The summed E-state index contributed by atoms with van der Waals surface area (Å²) in [5, 5.41) is 18.8. The number of allylic oxidation sites excluding steroid dienone is 1. The first kappa shape index (κ1) is 31.9. The number of nitrogens with one attached hydrogen (secondary N) is 4. The van der Waals surface area contributed by atoms with Crippen LogP contribution in [0.2, 0.25) is 0 Å². The van der Waals surface area contributed by atoms with Crippen LogP contribution in [0, 0.1) is 11.2 Å². The summed E-state index contributed by atoms with van der Waals surface area (Å²) in [6.07, 6.45) is 8.15. The number of hydrogen-bond acceptors (Lipinski definition) is 7. The van der Waals surface area contributed by atoms with Gasteiger partial charge in [-0.05, 0) is 91.5 Å². The largest absolute Gasteiger partial charge is 0.384 e. The van der Waals surface area contributed by atoms with Gasteiger partial charge >= 0.3 is 0 Å². The molecule has 0 saturated carbocycles. The number of carbonyl (C=O) groups is 1. The fourth-order valence-corrected chi connectivity index (χ4v) is 5.90. The van der Waals surface area contributed by atoms with Crippen LogP contribution in [-0.2, 0) is 11.2 Å². The number of likely N-dealkylation sites (N-methyl/N-ethyl adjacent to an activating group) is 1. The Morgan fingerprint density at radius 3 is 2.53 bits per heavy atom. The lowest BCUT2D eigenvalue weighted by Crippen LogP contribution is -2.20. The zero-order valence-electron chi connectivity index (χ0n) is 27.8. The summed E-state index contributed by atoms with van der Waals surface area (Å²) in [7, 11) is 4.02. The lowest BCUT2D eigenvalue weighted by Gasteiger charge is -2.24. The summed E-state index contributed by atoms with van der Waals surface area (Å²) in [5.41, 5.74) is 10.4. The van der Waals surface area contributed by atoms with E-state index in [0.717, 1.165) is 73.6 Å². The van der Waals surface area contributed by atoms with Gasteiger partial charge in [0.05, 0.1) is 35.0 Å². The maximum absolute atomic E-state index is 14.8. The summed E-state index contributed by atoms with van der Waals surface area (Å²) < 4.78 is 14.8. The molecule has 0 atom stereocenters. The number of benzene rings is 2. The Labute approximate surface area is 274 Å². The van der Waals surface area contributed by atoms with E-state index in [1.807, 2.05) is 65.3 Å². The molecule has 3 aromatic heterocycles. The standard InChI is InChI=1S/C37H41FN8O/c1-22-11-29-31(24-12-26(38)16-27(13-24)41-9-10-46(5)6)20-40-21-33(29)43-35(22)36-30-15-23(7-8-32(30)44-45-36)25-14-28(19-39-18-25)42-34(47)17-37(2,3)4/h7-8,12-16,18-21,41,43H,9-11,17H2,1-6H3,(H,42,47)(H,44,45). The van der Waals surface area contributed by atoms with Gasteiger partial charge in [0.1, 0.15) is 11.5 Å². The number of halogens is 1. The number of H-pyrrole nitrogens is 1. The van der Waals surface area contributed by atoms with E-state index in [-0.39, 0.29) is 17.1 Å². The zero-order chi connectivity index (χ0) is 33.3. The fourth-order valence-electron chi connectivity index (χ4n) is 5.90. The van der Waals surface area contributed by atoms with Gasteiger partial charge in [0, 0.05) is 54.1 Å². The van der Waals surface area contributed by atoms with Crippen LogP contribution >= 0.6 is 0 Å². The lowest BCUT2D eigenvalue weighted by molar-refractivity contribution is -0.117. The highest BCUT2D eigenvalue weighted by atomic mass is 19.1. The number of anilines is 3. The van der Waals surface area contributed by atoms with Gasteiger partial charge in [0.25, 0.3) is 0 Å². The summed E-state index contributed by atoms with van der Waals surface area (Å²) in [4.78, 5) is 23.6. The summed E-state index contributed by atoms with van der Waals surface area (Å²) in [6, 6.07) is 13.1. The second kappa shape index (κ2) is 13.0. The van der Waals surface area contributed by atoms with E-state index in [0.29, 0.717) is 25.1 Å². The third-order valence-electron chi connectivity index (χ3n) is 8.13. The number of pyridine rings is 2. The molecule has 9 nitrogen and oxygen atoms in total. The normalized spacial score (nSPS) is 13.1.